The lowest BCUT2D eigenvalue weighted by Gasteiger charge is -2.19. The van der Waals surface area contributed by atoms with E-state index in [1.807, 2.05) is 38.1 Å². The number of nitrogens with zero attached hydrogens (tertiary/aromatic N) is 2. The van der Waals surface area contributed by atoms with Crippen molar-refractivity contribution in [3.05, 3.63) is 29.8 Å². The van der Waals surface area contributed by atoms with Crippen LogP contribution >= 0.6 is 12.6 Å². The summed E-state index contributed by atoms with van der Waals surface area (Å²) in [7, 11) is 0. The number of amides is 1. The molecule has 0 saturated carbocycles. The van der Waals surface area contributed by atoms with E-state index < -0.39 is 5.41 Å². The third-order valence-electron chi connectivity index (χ3n) is 3.28. The van der Waals surface area contributed by atoms with E-state index >= 15 is 0 Å². The van der Waals surface area contributed by atoms with Crippen molar-refractivity contribution >= 4 is 24.2 Å². The summed E-state index contributed by atoms with van der Waals surface area (Å²) in [5.41, 5.74) is 1.34. The van der Waals surface area contributed by atoms with E-state index in [1.165, 1.54) is 0 Å². The SMILES string of the molecule is CC(C)(C#N)c1ccc(N2CC(S)CC2=O)cc1. The fourth-order valence-electron chi connectivity index (χ4n) is 2.06. The highest BCUT2D eigenvalue weighted by Gasteiger charge is 2.28. The number of carbonyl (C=O) groups is 1. The molecular formula is C14H16N2OS. The van der Waals surface area contributed by atoms with Gasteiger partial charge in [-0.2, -0.15) is 17.9 Å². The van der Waals surface area contributed by atoms with E-state index in [4.69, 9.17) is 5.26 Å². The molecule has 0 bridgehead atoms. The average Bonchev–Trinajstić information content (AvgIpc) is 2.69. The second-order valence-corrected chi connectivity index (χ2v) is 5.88. The fourth-order valence-corrected chi connectivity index (χ4v) is 2.38. The first kappa shape index (κ1) is 13.0. The first-order chi connectivity index (χ1) is 8.44. The first-order valence-electron chi connectivity index (χ1n) is 5.94. The lowest BCUT2D eigenvalue weighted by atomic mass is 9.86. The minimum absolute atomic E-state index is 0.113. The first-order valence-corrected chi connectivity index (χ1v) is 6.46. The van der Waals surface area contributed by atoms with Crippen LogP contribution in [0.2, 0.25) is 0 Å². The standard InChI is InChI=1S/C14H16N2OS/c1-14(2,9-15)10-3-5-11(6-4-10)16-8-12(18)7-13(16)17/h3-6,12,18H,7-8H2,1-2H3. The Morgan fingerprint density at radius 2 is 2.00 bits per heavy atom. The summed E-state index contributed by atoms with van der Waals surface area (Å²) in [6.45, 7) is 4.42. The molecule has 2 rings (SSSR count). The Kier molecular flexibility index (Phi) is 3.36. The largest absolute Gasteiger partial charge is 0.311 e. The van der Waals surface area contributed by atoms with Gasteiger partial charge in [0.25, 0.3) is 0 Å². The molecule has 4 heteroatoms. The third-order valence-corrected chi connectivity index (χ3v) is 3.63. The normalized spacial score (nSPS) is 20.0. The molecule has 1 aromatic carbocycles. The Labute approximate surface area is 113 Å². The van der Waals surface area contributed by atoms with Crippen LogP contribution in [-0.2, 0) is 10.2 Å². The maximum atomic E-state index is 11.7. The number of rotatable bonds is 2. The van der Waals surface area contributed by atoms with Crippen molar-refractivity contribution in [1.82, 2.24) is 0 Å². The second kappa shape index (κ2) is 4.66. The molecular weight excluding hydrogens is 244 g/mol. The van der Waals surface area contributed by atoms with Crippen LogP contribution in [0, 0.1) is 11.3 Å². The van der Waals surface area contributed by atoms with Gasteiger partial charge in [0.15, 0.2) is 0 Å². The molecule has 0 radical (unpaired) electrons. The molecule has 1 aromatic rings. The van der Waals surface area contributed by atoms with Gasteiger partial charge in [-0.25, -0.2) is 0 Å². The Bertz CT molecular complexity index is 502. The molecule has 0 spiro atoms. The predicted molar refractivity (Wildman–Crippen MR) is 74.8 cm³/mol. The summed E-state index contributed by atoms with van der Waals surface area (Å²) in [6.07, 6.45) is 0.495. The van der Waals surface area contributed by atoms with Gasteiger partial charge in [-0.15, -0.1) is 0 Å². The highest BCUT2D eigenvalue weighted by Crippen LogP contribution is 2.28. The van der Waals surface area contributed by atoms with Crippen molar-refractivity contribution in [3.63, 3.8) is 0 Å². The molecule has 1 saturated heterocycles. The molecule has 1 atom stereocenters. The number of hydrogen-bond acceptors (Lipinski definition) is 3. The molecule has 1 unspecified atom stereocenters. The van der Waals surface area contributed by atoms with E-state index in [-0.39, 0.29) is 11.2 Å². The Morgan fingerprint density at radius 3 is 2.44 bits per heavy atom. The van der Waals surface area contributed by atoms with Crippen LogP contribution in [-0.4, -0.2) is 17.7 Å². The summed E-state index contributed by atoms with van der Waals surface area (Å²) in [5.74, 6) is 0.113. The maximum Gasteiger partial charge on any atom is 0.228 e. The van der Waals surface area contributed by atoms with E-state index in [9.17, 15) is 4.79 Å². The Hall–Kier alpha value is -1.47. The highest BCUT2D eigenvalue weighted by molar-refractivity contribution is 7.81. The van der Waals surface area contributed by atoms with Crippen LogP contribution in [0.4, 0.5) is 5.69 Å². The summed E-state index contributed by atoms with van der Waals surface area (Å²) in [5, 5.41) is 9.20. The third kappa shape index (κ3) is 2.37. The molecule has 18 heavy (non-hydrogen) atoms. The molecule has 3 nitrogen and oxygen atoms in total. The van der Waals surface area contributed by atoms with Gasteiger partial charge in [0.05, 0.1) is 11.5 Å². The number of anilines is 1. The monoisotopic (exact) mass is 260 g/mol. The van der Waals surface area contributed by atoms with Gasteiger partial charge in [0, 0.05) is 23.9 Å². The second-order valence-electron chi connectivity index (χ2n) is 5.15. The lowest BCUT2D eigenvalue weighted by molar-refractivity contribution is -0.117. The van der Waals surface area contributed by atoms with Crippen molar-refractivity contribution < 1.29 is 4.79 Å². The molecule has 1 aliphatic heterocycles. The number of benzene rings is 1. The molecule has 0 aliphatic carbocycles. The van der Waals surface area contributed by atoms with E-state index in [1.54, 1.807) is 4.90 Å². The number of carbonyl (C=O) groups excluding carboxylic acids is 1. The quantitative estimate of drug-likeness (QED) is 0.830. The molecule has 1 heterocycles. The molecule has 1 fully saturated rings. The fraction of sp³-hybridized carbons (Fsp3) is 0.429. The van der Waals surface area contributed by atoms with Crippen molar-refractivity contribution in [2.45, 2.75) is 30.9 Å². The van der Waals surface area contributed by atoms with Crippen molar-refractivity contribution in [1.29, 1.82) is 5.26 Å². The van der Waals surface area contributed by atoms with Crippen LogP contribution in [0.3, 0.4) is 0 Å². The number of nitriles is 1. The molecule has 1 amide bonds. The predicted octanol–water partition coefficient (Wildman–Crippen LogP) is 2.52. The van der Waals surface area contributed by atoms with Crippen LogP contribution in [0.15, 0.2) is 24.3 Å². The molecule has 94 valence electrons. The minimum Gasteiger partial charge on any atom is -0.311 e. The van der Waals surface area contributed by atoms with Gasteiger partial charge in [-0.3, -0.25) is 4.79 Å². The number of thiol groups is 1. The van der Waals surface area contributed by atoms with Gasteiger partial charge < -0.3 is 4.90 Å². The Balaban J connectivity index is 2.24. The van der Waals surface area contributed by atoms with Gasteiger partial charge in [0.1, 0.15) is 0 Å². The van der Waals surface area contributed by atoms with Crippen molar-refractivity contribution in [2.24, 2.45) is 0 Å². The van der Waals surface area contributed by atoms with Crippen LogP contribution in [0.1, 0.15) is 25.8 Å². The Morgan fingerprint density at radius 1 is 1.39 bits per heavy atom. The van der Waals surface area contributed by atoms with Gasteiger partial charge in [-0.1, -0.05) is 12.1 Å². The molecule has 0 aromatic heterocycles. The smallest absolute Gasteiger partial charge is 0.228 e. The van der Waals surface area contributed by atoms with Crippen LogP contribution in [0.25, 0.3) is 0 Å². The van der Waals surface area contributed by atoms with Crippen molar-refractivity contribution in [2.75, 3.05) is 11.4 Å². The maximum absolute atomic E-state index is 11.7. The molecule has 1 aliphatic rings. The van der Waals surface area contributed by atoms with Crippen molar-refractivity contribution in [3.8, 4) is 6.07 Å². The summed E-state index contributed by atoms with van der Waals surface area (Å²) >= 11 is 4.34. The zero-order valence-corrected chi connectivity index (χ0v) is 11.4. The number of hydrogen-bond donors (Lipinski definition) is 1. The van der Waals surface area contributed by atoms with Crippen LogP contribution in [0.5, 0.6) is 0 Å². The van der Waals surface area contributed by atoms with Crippen LogP contribution < -0.4 is 4.90 Å². The summed E-state index contributed by atoms with van der Waals surface area (Å²) in [4.78, 5) is 13.5. The average molecular weight is 260 g/mol. The topological polar surface area (TPSA) is 44.1 Å². The highest BCUT2D eigenvalue weighted by atomic mass is 32.1. The zero-order valence-electron chi connectivity index (χ0n) is 10.6. The summed E-state index contributed by atoms with van der Waals surface area (Å²) in [6, 6.07) is 9.90. The van der Waals surface area contributed by atoms with Gasteiger partial charge in [0.2, 0.25) is 5.91 Å². The van der Waals surface area contributed by atoms with Gasteiger partial charge in [-0.05, 0) is 31.5 Å². The zero-order chi connectivity index (χ0) is 13.3. The van der Waals surface area contributed by atoms with E-state index in [0.29, 0.717) is 13.0 Å². The summed E-state index contributed by atoms with van der Waals surface area (Å²) < 4.78 is 0. The van der Waals surface area contributed by atoms with E-state index in [2.05, 4.69) is 18.7 Å². The van der Waals surface area contributed by atoms with E-state index in [0.717, 1.165) is 11.3 Å². The lowest BCUT2D eigenvalue weighted by Crippen LogP contribution is -2.24. The van der Waals surface area contributed by atoms with Gasteiger partial charge >= 0.3 is 0 Å². The minimum atomic E-state index is -0.500. The molecule has 0 N–H and O–H groups in total.